The fourth-order valence-electron chi connectivity index (χ4n) is 3.21. The first-order chi connectivity index (χ1) is 12.6. The summed E-state index contributed by atoms with van der Waals surface area (Å²) in [6, 6.07) is 5.23. The molecule has 134 valence electrons. The van der Waals surface area contributed by atoms with Gasteiger partial charge in [-0.3, -0.25) is 9.78 Å². The van der Waals surface area contributed by atoms with Crippen molar-refractivity contribution in [2.24, 2.45) is 0 Å². The van der Waals surface area contributed by atoms with E-state index in [2.05, 4.69) is 15.1 Å². The predicted octanol–water partition coefficient (Wildman–Crippen LogP) is 2.52. The number of hydrogen-bond acceptors (Lipinski definition) is 5. The van der Waals surface area contributed by atoms with E-state index in [1.54, 1.807) is 18.2 Å². The molecule has 0 saturated heterocycles. The van der Waals surface area contributed by atoms with Crippen LogP contribution in [0, 0.1) is 0 Å². The van der Waals surface area contributed by atoms with E-state index in [4.69, 9.17) is 9.84 Å². The third kappa shape index (κ3) is 3.17. The van der Waals surface area contributed by atoms with Gasteiger partial charge in [0.2, 0.25) is 5.95 Å². The highest BCUT2D eigenvalue weighted by molar-refractivity contribution is 5.87. The van der Waals surface area contributed by atoms with Crippen LogP contribution in [0.5, 0.6) is 5.75 Å². The summed E-state index contributed by atoms with van der Waals surface area (Å²) in [5.74, 6) is -0.267. The number of carboxylic acid groups (broad SMARTS) is 1. The monoisotopic (exact) mass is 354 g/mol. The van der Waals surface area contributed by atoms with Crippen LogP contribution in [-0.2, 0) is 0 Å². The SMILES string of the molecule is O=C(O)c1cnn(-c2nc3ccc(OC4CCCCC4)cc3c(=O)[nH]2)c1. The van der Waals surface area contributed by atoms with E-state index in [9.17, 15) is 9.59 Å². The molecule has 1 aliphatic carbocycles. The number of nitrogens with one attached hydrogen (secondary N) is 1. The molecule has 8 nitrogen and oxygen atoms in total. The number of carbonyl (C=O) groups is 1. The van der Waals surface area contributed by atoms with Gasteiger partial charge in [0.05, 0.1) is 28.8 Å². The summed E-state index contributed by atoms with van der Waals surface area (Å²) in [6.07, 6.45) is 8.37. The molecule has 3 aromatic rings. The van der Waals surface area contributed by atoms with Crippen LogP contribution in [0.4, 0.5) is 0 Å². The summed E-state index contributed by atoms with van der Waals surface area (Å²) in [5.41, 5.74) is 0.183. The number of fused-ring (bicyclic) bond motifs is 1. The fourth-order valence-corrected chi connectivity index (χ4v) is 3.21. The van der Waals surface area contributed by atoms with Crippen LogP contribution in [0.15, 0.2) is 35.4 Å². The van der Waals surface area contributed by atoms with Crippen molar-refractivity contribution < 1.29 is 14.6 Å². The predicted molar refractivity (Wildman–Crippen MR) is 93.9 cm³/mol. The Kier molecular flexibility index (Phi) is 4.16. The zero-order valence-corrected chi connectivity index (χ0v) is 14.0. The van der Waals surface area contributed by atoms with Gasteiger partial charge in [-0.05, 0) is 43.9 Å². The number of aromatic amines is 1. The zero-order chi connectivity index (χ0) is 18.1. The molecular weight excluding hydrogens is 336 g/mol. The zero-order valence-electron chi connectivity index (χ0n) is 14.0. The number of H-pyrrole nitrogens is 1. The molecule has 2 aromatic heterocycles. The van der Waals surface area contributed by atoms with Crippen molar-refractivity contribution in [1.29, 1.82) is 0 Å². The first-order valence-corrected chi connectivity index (χ1v) is 8.59. The van der Waals surface area contributed by atoms with Gasteiger partial charge in [0.25, 0.3) is 5.56 Å². The molecule has 0 aliphatic heterocycles. The van der Waals surface area contributed by atoms with Gasteiger partial charge in [0.15, 0.2) is 0 Å². The van der Waals surface area contributed by atoms with Gasteiger partial charge < -0.3 is 9.84 Å². The van der Waals surface area contributed by atoms with Gasteiger partial charge in [-0.1, -0.05) is 6.42 Å². The van der Waals surface area contributed by atoms with E-state index in [1.807, 2.05) is 0 Å². The number of benzene rings is 1. The van der Waals surface area contributed by atoms with Crippen molar-refractivity contribution in [2.45, 2.75) is 38.2 Å². The van der Waals surface area contributed by atoms with E-state index in [0.29, 0.717) is 16.7 Å². The van der Waals surface area contributed by atoms with Crippen LogP contribution < -0.4 is 10.3 Å². The highest BCUT2D eigenvalue weighted by Crippen LogP contribution is 2.25. The first kappa shape index (κ1) is 16.3. The third-order valence-corrected chi connectivity index (χ3v) is 4.57. The van der Waals surface area contributed by atoms with Crippen molar-refractivity contribution in [3.63, 3.8) is 0 Å². The molecule has 2 heterocycles. The molecule has 0 radical (unpaired) electrons. The minimum Gasteiger partial charge on any atom is -0.490 e. The van der Waals surface area contributed by atoms with Crippen LogP contribution in [0.3, 0.4) is 0 Å². The molecule has 0 atom stereocenters. The summed E-state index contributed by atoms with van der Waals surface area (Å²) in [4.78, 5) is 30.4. The Bertz CT molecular complexity index is 1020. The van der Waals surface area contributed by atoms with E-state index >= 15 is 0 Å². The molecule has 1 fully saturated rings. The molecule has 0 amide bonds. The van der Waals surface area contributed by atoms with E-state index in [0.717, 1.165) is 12.8 Å². The number of nitrogens with zero attached hydrogens (tertiary/aromatic N) is 3. The number of aromatic nitrogens is 4. The Morgan fingerprint density at radius 3 is 2.81 bits per heavy atom. The Balaban J connectivity index is 1.66. The highest BCUT2D eigenvalue weighted by atomic mass is 16.5. The second-order valence-corrected chi connectivity index (χ2v) is 6.43. The molecule has 1 aliphatic rings. The van der Waals surface area contributed by atoms with Crippen LogP contribution >= 0.6 is 0 Å². The van der Waals surface area contributed by atoms with E-state index in [1.165, 1.54) is 36.3 Å². The Morgan fingerprint density at radius 2 is 2.08 bits per heavy atom. The molecule has 0 unspecified atom stereocenters. The first-order valence-electron chi connectivity index (χ1n) is 8.59. The molecule has 0 bridgehead atoms. The minimum atomic E-state index is -1.09. The molecule has 26 heavy (non-hydrogen) atoms. The Morgan fingerprint density at radius 1 is 1.27 bits per heavy atom. The normalized spacial score (nSPS) is 15.2. The summed E-state index contributed by atoms with van der Waals surface area (Å²) in [6.45, 7) is 0. The number of hydrogen-bond donors (Lipinski definition) is 2. The van der Waals surface area contributed by atoms with Gasteiger partial charge in [-0.25, -0.2) is 14.5 Å². The van der Waals surface area contributed by atoms with Gasteiger partial charge in [-0.15, -0.1) is 0 Å². The van der Waals surface area contributed by atoms with Crippen LogP contribution in [0.1, 0.15) is 42.5 Å². The number of rotatable bonds is 4. The van der Waals surface area contributed by atoms with Crippen molar-refractivity contribution in [3.05, 3.63) is 46.5 Å². The highest BCUT2D eigenvalue weighted by Gasteiger charge is 2.16. The maximum Gasteiger partial charge on any atom is 0.338 e. The number of aromatic carboxylic acids is 1. The quantitative estimate of drug-likeness (QED) is 0.745. The molecular formula is C18H18N4O4. The van der Waals surface area contributed by atoms with Crippen LogP contribution in [0.2, 0.25) is 0 Å². The van der Waals surface area contributed by atoms with Crippen LogP contribution in [0.25, 0.3) is 16.9 Å². The number of carboxylic acids is 1. The van der Waals surface area contributed by atoms with Gasteiger partial charge in [-0.2, -0.15) is 5.10 Å². The lowest BCUT2D eigenvalue weighted by Crippen LogP contribution is -2.20. The maximum absolute atomic E-state index is 12.4. The van der Waals surface area contributed by atoms with Crippen LogP contribution in [-0.4, -0.2) is 36.9 Å². The average Bonchev–Trinajstić information content (AvgIpc) is 3.13. The lowest BCUT2D eigenvalue weighted by molar-refractivity contribution is 0.0697. The molecule has 1 aromatic carbocycles. The number of ether oxygens (including phenoxy) is 1. The van der Waals surface area contributed by atoms with Gasteiger partial charge in [0, 0.05) is 6.20 Å². The minimum absolute atomic E-state index is 0.0176. The standard InChI is InChI=1S/C18H18N4O4/c23-16-14-8-13(26-12-4-2-1-3-5-12)6-7-15(14)20-18(21-16)22-10-11(9-19-22)17(24)25/h6-10,12H,1-5H2,(H,24,25)(H,20,21,23). The topological polar surface area (TPSA) is 110 Å². The largest absolute Gasteiger partial charge is 0.490 e. The second kappa shape index (κ2) is 6.62. The summed E-state index contributed by atoms with van der Waals surface area (Å²) >= 11 is 0. The Hall–Kier alpha value is -3.16. The van der Waals surface area contributed by atoms with Crippen molar-refractivity contribution in [3.8, 4) is 11.7 Å². The maximum atomic E-state index is 12.4. The molecule has 0 spiro atoms. The lowest BCUT2D eigenvalue weighted by Gasteiger charge is -2.23. The van der Waals surface area contributed by atoms with Crippen molar-refractivity contribution >= 4 is 16.9 Å². The van der Waals surface area contributed by atoms with E-state index in [-0.39, 0.29) is 23.2 Å². The average molecular weight is 354 g/mol. The summed E-state index contributed by atoms with van der Waals surface area (Å²) in [7, 11) is 0. The second-order valence-electron chi connectivity index (χ2n) is 6.43. The van der Waals surface area contributed by atoms with Crippen molar-refractivity contribution in [2.75, 3.05) is 0 Å². The summed E-state index contributed by atoms with van der Waals surface area (Å²) in [5, 5.41) is 13.3. The lowest BCUT2D eigenvalue weighted by atomic mass is 9.98. The van der Waals surface area contributed by atoms with Crippen molar-refractivity contribution in [1.82, 2.24) is 19.7 Å². The van der Waals surface area contributed by atoms with Gasteiger partial charge in [0.1, 0.15) is 5.75 Å². The fraction of sp³-hybridized carbons (Fsp3) is 0.333. The molecule has 1 saturated carbocycles. The molecule has 2 N–H and O–H groups in total. The third-order valence-electron chi connectivity index (χ3n) is 4.57. The molecule has 4 rings (SSSR count). The van der Waals surface area contributed by atoms with E-state index < -0.39 is 5.97 Å². The Labute approximate surface area is 148 Å². The smallest absolute Gasteiger partial charge is 0.338 e. The summed E-state index contributed by atoms with van der Waals surface area (Å²) < 4.78 is 7.23. The van der Waals surface area contributed by atoms with Gasteiger partial charge >= 0.3 is 5.97 Å². The molecule has 8 heteroatoms.